The molecule has 16 heavy (non-hydrogen) atoms. The van der Waals surface area contributed by atoms with Gasteiger partial charge in [-0.15, -0.1) is 0 Å². The molecule has 0 atom stereocenters. The van der Waals surface area contributed by atoms with E-state index in [0.717, 1.165) is 22.8 Å². The van der Waals surface area contributed by atoms with E-state index in [2.05, 4.69) is 9.97 Å². The average Bonchev–Trinajstić information content (AvgIpc) is 2.39. The zero-order chi connectivity index (χ0) is 11.4. The Balaban J connectivity index is 2.42. The van der Waals surface area contributed by atoms with Crippen LogP contribution in [-0.4, -0.2) is 33.7 Å². The highest BCUT2D eigenvalue weighted by atomic mass is 27.1. The van der Waals surface area contributed by atoms with Crippen molar-refractivity contribution >= 4 is 16.6 Å². The van der Waals surface area contributed by atoms with Crippen LogP contribution in [-0.2, 0) is 0 Å². The first-order valence-electron chi connectivity index (χ1n) is 4.71. The summed E-state index contributed by atoms with van der Waals surface area (Å²) < 4.78 is 10.3. The van der Waals surface area contributed by atoms with Crippen molar-refractivity contribution in [2.24, 2.45) is 0 Å². The third kappa shape index (κ3) is 2.16. The molecule has 0 spiro atoms. The predicted molar refractivity (Wildman–Crippen MR) is 61.8 cm³/mol. The van der Waals surface area contributed by atoms with Gasteiger partial charge in [0.15, 0.2) is 0 Å². The van der Waals surface area contributed by atoms with E-state index in [-0.39, 0.29) is 0 Å². The molecule has 0 aromatic carbocycles. The topological polar surface area (TPSA) is 44.2 Å². The molecule has 0 saturated carbocycles. The van der Waals surface area contributed by atoms with Gasteiger partial charge >= 0.3 is 16.6 Å². The van der Waals surface area contributed by atoms with Crippen LogP contribution >= 0.6 is 0 Å². The molecule has 2 rings (SSSR count). The molecule has 1 radical (unpaired) electrons. The summed E-state index contributed by atoms with van der Waals surface area (Å²) >= 11 is 1.43. The Bertz CT molecular complexity index is 474. The Hall–Kier alpha value is -1.57. The SMILES string of the molecule is COc1ccc(-c2cnccc2[O][AlH])nc1. The number of methoxy groups -OCH3 is 1. The number of pyridine rings is 2. The Morgan fingerprint density at radius 3 is 2.69 bits per heavy atom. The molecule has 0 amide bonds. The Kier molecular flexibility index (Phi) is 3.40. The normalized spacial score (nSPS) is 9.81. The number of hydrogen-bond acceptors (Lipinski definition) is 4. The van der Waals surface area contributed by atoms with Gasteiger partial charge in [0.2, 0.25) is 0 Å². The van der Waals surface area contributed by atoms with Crippen LogP contribution in [0.1, 0.15) is 0 Å². The van der Waals surface area contributed by atoms with Gasteiger partial charge in [-0.3, -0.25) is 9.97 Å². The van der Waals surface area contributed by atoms with Gasteiger partial charge in [-0.25, -0.2) is 0 Å². The van der Waals surface area contributed by atoms with Gasteiger partial charge in [0.05, 0.1) is 30.3 Å². The second-order valence-corrected chi connectivity index (χ2v) is 3.39. The first-order chi connectivity index (χ1) is 7.85. The lowest BCUT2D eigenvalue weighted by Crippen LogP contribution is -1.92. The predicted octanol–water partition coefficient (Wildman–Crippen LogP) is 1.35. The van der Waals surface area contributed by atoms with E-state index in [1.54, 1.807) is 25.7 Å². The van der Waals surface area contributed by atoms with E-state index < -0.39 is 0 Å². The Morgan fingerprint density at radius 2 is 2.06 bits per heavy atom. The van der Waals surface area contributed by atoms with E-state index >= 15 is 0 Å². The number of rotatable bonds is 3. The highest BCUT2D eigenvalue weighted by Gasteiger charge is 2.05. The van der Waals surface area contributed by atoms with Gasteiger partial charge in [0.25, 0.3) is 0 Å². The molecule has 4 nitrogen and oxygen atoms in total. The summed E-state index contributed by atoms with van der Waals surface area (Å²) in [5.41, 5.74) is 1.69. The van der Waals surface area contributed by atoms with Crippen molar-refractivity contribution in [2.75, 3.05) is 7.11 Å². The van der Waals surface area contributed by atoms with E-state index in [1.165, 1.54) is 16.6 Å². The molecular weight excluding hydrogens is 219 g/mol. The minimum atomic E-state index is 0.730. The smallest absolute Gasteiger partial charge is 0.494 e. The zero-order valence-electron chi connectivity index (χ0n) is 8.88. The molecule has 0 aliphatic heterocycles. The second-order valence-electron chi connectivity index (χ2n) is 3.10. The first-order valence-corrected chi connectivity index (χ1v) is 5.29. The molecule has 0 bridgehead atoms. The summed E-state index contributed by atoms with van der Waals surface area (Å²) in [6, 6.07) is 5.55. The third-order valence-corrected chi connectivity index (χ3v) is 2.50. The number of ether oxygens (including phenoxy) is 1. The molecule has 5 heteroatoms. The molecule has 0 saturated heterocycles. The number of nitrogens with zero attached hydrogens (tertiary/aromatic N) is 2. The van der Waals surface area contributed by atoms with Crippen LogP contribution in [0, 0.1) is 0 Å². The van der Waals surface area contributed by atoms with Crippen molar-refractivity contribution in [3.8, 4) is 22.8 Å². The first kappa shape index (κ1) is 10.9. The van der Waals surface area contributed by atoms with E-state index in [9.17, 15) is 0 Å². The van der Waals surface area contributed by atoms with Gasteiger partial charge in [-0.1, -0.05) is 0 Å². The molecule has 2 aromatic heterocycles. The fraction of sp³-hybridized carbons (Fsp3) is 0.0909. The molecule has 0 unspecified atom stereocenters. The lowest BCUT2D eigenvalue weighted by Gasteiger charge is -2.08. The van der Waals surface area contributed by atoms with Crippen molar-refractivity contribution in [3.63, 3.8) is 0 Å². The number of aromatic nitrogens is 2. The lowest BCUT2D eigenvalue weighted by molar-refractivity contribution is 0.413. The molecule has 2 heterocycles. The van der Waals surface area contributed by atoms with Crippen LogP contribution < -0.4 is 8.53 Å². The van der Waals surface area contributed by atoms with Crippen LogP contribution in [0.4, 0.5) is 0 Å². The summed E-state index contributed by atoms with van der Waals surface area (Å²) in [6.07, 6.45) is 5.10. The van der Waals surface area contributed by atoms with Gasteiger partial charge in [0, 0.05) is 12.4 Å². The minimum absolute atomic E-state index is 0.730. The average molecular weight is 229 g/mol. The lowest BCUT2D eigenvalue weighted by atomic mass is 10.2. The van der Waals surface area contributed by atoms with Gasteiger partial charge in [-0.2, -0.15) is 0 Å². The van der Waals surface area contributed by atoms with E-state index in [0.29, 0.717) is 0 Å². The van der Waals surface area contributed by atoms with Crippen LogP contribution in [0.5, 0.6) is 11.5 Å². The minimum Gasteiger partial charge on any atom is -0.650 e. The van der Waals surface area contributed by atoms with Crippen LogP contribution in [0.25, 0.3) is 11.3 Å². The molecule has 2 aromatic rings. The number of hydrogen-bond donors (Lipinski definition) is 0. The zero-order valence-corrected chi connectivity index (χ0v) is 10.3. The van der Waals surface area contributed by atoms with Crippen molar-refractivity contribution in [1.82, 2.24) is 9.97 Å². The fourth-order valence-corrected chi connectivity index (χ4v) is 1.61. The quantitative estimate of drug-likeness (QED) is 0.745. The van der Waals surface area contributed by atoms with Gasteiger partial charge in [0.1, 0.15) is 5.75 Å². The third-order valence-electron chi connectivity index (χ3n) is 2.18. The van der Waals surface area contributed by atoms with Crippen molar-refractivity contribution in [3.05, 3.63) is 36.8 Å². The molecule has 0 N–H and O–H groups in total. The largest absolute Gasteiger partial charge is 0.650 e. The molecule has 0 aliphatic rings. The monoisotopic (exact) mass is 229 g/mol. The van der Waals surface area contributed by atoms with Crippen molar-refractivity contribution in [1.29, 1.82) is 0 Å². The summed E-state index contributed by atoms with van der Waals surface area (Å²) in [4.78, 5) is 8.35. The summed E-state index contributed by atoms with van der Waals surface area (Å²) in [5, 5.41) is 0. The molecular formula is C11H10AlN2O2. The fourth-order valence-electron chi connectivity index (χ4n) is 1.36. The highest BCUT2D eigenvalue weighted by molar-refractivity contribution is 6.00. The van der Waals surface area contributed by atoms with Gasteiger partial charge in [-0.05, 0) is 18.2 Å². The second kappa shape index (κ2) is 4.97. The van der Waals surface area contributed by atoms with E-state index in [1.807, 2.05) is 18.2 Å². The Morgan fingerprint density at radius 1 is 1.19 bits per heavy atom. The van der Waals surface area contributed by atoms with Crippen LogP contribution in [0.3, 0.4) is 0 Å². The molecule has 0 aliphatic carbocycles. The summed E-state index contributed by atoms with van der Waals surface area (Å²) in [5.74, 6) is 1.50. The molecule has 0 fully saturated rings. The maximum absolute atomic E-state index is 5.27. The van der Waals surface area contributed by atoms with Gasteiger partial charge < -0.3 is 8.53 Å². The van der Waals surface area contributed by atoms with E-state index in [4.69, 9.17) is 8.53 Å². The maximum atomic E-state index is 5.27. The summed E-state index contributed by atoms with van der Waals surface area (Å²) in [7, 11) is 1.61. The summed E-state index contributed by atoms with van der Waals surface area (Å²) in [6.45, 7) is 0. The van der Waals surface area contributed by atoms with Crippen LogP contribution in [0.2, 0.25) is 0 Å². The Labute approximate surface area is 102 Å². The standard InChI is InChI=1S/C11H10N2O2.Al.H/c1-15-8-2-3-10(13-6-8)9-7-12-5-4-11(9)14;;/h2-7H,1H3,(H,12,14);;/q;+1;/p-1. The van der Waals surface area contributed by atoms with Crippen molar-refractivity contribution in [2.45, 2.75) is 0 Å². The van der Waals surface area contributed by atoms with Crippen molar-refractivity contribution < 1.29 is 8.53 Å². The highest BCUT2D eigenvalue weighted by Crippen LogP contribution is 2.27. The maximum Gasteiger partial charge on any atom is 0.494 e. The van der Waals surface area contributed by atoms with Crippen LogP contribution in [0.15, 0.2) is 36.8 Å². The molecule has 79 valence electrons.